The lowest BCUT2D eigenvalue weighted by atomic mass is 9.89. The first-order valence-corrected chi connectivity index (χ1v) is 5.30. The molecule has 2 aliphatic heterocycles. The van der Waals surface area contributed by atoms with Gasteiger partial charge in [0.05, 0.1) is 12.5 Å². The molecule has 2 atom stereocenters. The molecule has 2 aliphatic rings. The van der Waals surface area contributed by atoms with Crippen LogP contribution >= 0.6 is 0 Å². The van der Waals surface area contributed by atoms with Crippen LogP contribution in [0.15, 0.2) is 0 Å². The van der Waals surface area contributed by atoms with Crippen molar-refractivity contribution in [2.75, 3.05) is 19.8 Å². The maximum atomic E-state index is 11.4. The molecule has 4 heteroatoms. The maximum absolute atomic E-state index is 11.4. The molecular formula is C10H17NO3. The summed E-state index contributed by atoms with van der Waals surface area (Å²) in [6.07, 6.45) is 2.85. The summed E-state index contributed by atoms with van der Waals surface area (Å²) in [7, 11) is 0. The van der Waals surface area contributed by atoms with Gasteiger partial charge in [0.1, 0.15) is 0 Å². The van der Waals surface area contributed by atoms with Crippen LogP contribution in [-0.2, 0) is 9.53 Å². The summed E-state index contributed by atoms with van der Waals surface area (Å²) in [6, 6.07) is 0.267. The third kappa shape index (κ3) is 1.91. The van der Waals surface area contributed by atoms with Crippen LogP contribution in [0.1, 0.15) is 19.3 Å². The lowest BCUT2D eigenvalue weighted by Gasteiger charge is -2.27. The minimum absolute atomic E-state index is 0.0176. The molecule has 80 valence electrons. The zero-order chi connectivity index (χ0) is 9.97. The van der Waals surface area contributed by atoms with Crippen molar-refractivity contribution in [2.24, 2.45) is 11.8 Å². The minimum atomic E-state index is -0.178. The first-order valence-electron chi connectivity index (χ1n) is 5.30. The third-order valence-corrected chi connectivity index (χ3v) is 3.29. The first kappa shape index (κ1) is 9.93. The Labute approximate surface area is 83.6 Å². The second-order valence-corrected chi connectivity index (χ2v) is 4.18. The van der Waals surface area contributed by atoms with Crippen LogP contribution in [0.2, 0.25) is 0 Å². The van der Waals surface area contributed by atoms with Crippen molar-refractivity contribution in [1.29, 1.82) is 0 Å². The quantitative estimate of drug-likeness (QED) is 0.653. The van der Waals surface area contributed by atoms with E-state index < -0.39 is 0 Å². The lowest BCUT2D eigenvalue weighted by molar-refractivity contribution is -0.123. The Morgan fingerprint density at radius 3 is 2.71 bits per heavy atom. The van der Waals surface area contributed by atoms with E-state index in [0.717, 1.165) is 32.5 Å². The number of carbonyl (C=O) groups excluding carboxylic acids is 1. The second kappa shape index (κ2) is 4.28. The molecule has 1 amide bonds. The van der Waals surface area contributed by atoms with Crippen LogP contribution in [0.3, 0.4) is 0 Å². The fraction of sp³-hybridized carbons (Fsp3) is 0.900. The van der Waals surface area contributed by atoms with E-state index in [1.165, 1.54) is 0 Å². The Hall–Kier alpha value is -0.610. The number of ether oxygens (including phenoxy) is 1. The van der Waals surface area contributed by atoms with E-state index in [2.05, 4.69) is 5.32 Å². The maximum Gasteiger partial charge on any atom is 0.225 e. The van der Waals surface area contributed by atoms with Crippen molar-refractivity contribution in [3.8, 4) is 0 Å². The summed E-state index contributed by atoms with van der Waals surface area (Å²) in [5.74, 6) is 0.385. The van der Waals surface area contributed by atoms with E-state index in [0.29, 0.717) is 5.92 Å². The van der Waals surface area contributed by atoms with E-state index in [1.54, 1.807) is 0 Å². The Morgan fingerprint density at radius 1 is 1.43 bits per heavy atom. The number of aliphatic hydroxyl groups excluding tert-OH is 1. The van der Waals surface area contributed by atoms with Crippen molar-refractivity contribution in [1.82, 2.24) is 5.32 Å². The van der Waals surface area contributed by atoms with E-state index in [1.807, 2.05) is 0 Å². The molecule has 0 aromatic heterocycles. The molecule has 14 heavy (non-hydrogen) atoms. The molecule has 0 aromatic carbocycles. The van der Waals surface area contributed by atoms with Crippen LogP contribution in [0.25, 0.3) is 0 Å². The topological polar surface area (TPSA) is 58.6 Å². The monoisotopic (exact) mass is 199 g/mol. The van der Waals surface area contributed by atoms with Gasteiger partial charge in [-0.25, -0.2) is 0 Å². The molecular weight excluding hydrogens is 182 g/mol. The highest BCUT2D eigenvalue weighted by Crippen LogP contribution is 2.27. The summed E-state index contributed by atoms with van der Waals surface area (Å²) in [5.41, 5.74) is 0. The minimum Gasteiger partial charge on any atom is -0.396 e. The Morgan fingerprint density at radius 2 is 2.14 bits per heavy atom. The van der Waals surface area contributed by atoms with Crippen LogP contribution in [0.5, 0.6) is 0 Å². The van der Waals surface area contributed by atoms with Crippen molar-refractivity contribution >= 4 is 5.91 Å². The molecule has 0 radical (unpaired) electrons. The Kier molecular flexibility index (Phi) is 3.03. The predicted octanol–water partition coefficient (Wildman–Crippen LogP) is -0.0900. The number of nitrogens with one attached hydrogen (secondary N) is 1. The van der Waals surface area contributed by atoms with Gasteiger partial charge in [0.2, 0.25) is 5.91 Å². The van der Waals surface area contributed by atoms with Gasteiger partial charge in [-0.15, -0.1) is 0 Å². The zero-order valence-electron chi connectivity index (χ0n) is 8.24. The largest absolute Gasteiger partial charge is 0.396 e. The molecule has 2 saturated heterocycles. The van der Waals surface area contributed by atoms with Gasteiger partial charge in [-0.1, -0.05) is 0 Å². The van der Waals surface area contributed by atoms with Gasteiger partial charge >= 0.3 is 0 Å². The standard InChI is InChI=1S/C10H17NO3/c12-6-8-5-9(11-10(8)13)7-1-3-14-4-2-7/h7-9,12H,1-6H2,(H,11,13). The number of aliphatic hydroxyl groups is 1. The first-order chi connectivity index (χ1) is 6.81. The number of rotatable bonds is 2. The van der Waals surface area contributed by atoms with Crippen molar-refractivity contribution in [2.45, 2.75) is 25.3 Å². The highest BCUT2D eigenvalue weighted by atomic mass is 16.5. The van der Waals surface area contributed by atoms with Gasteiger partial charge in [-0.3, -0.25) is 4.79 Å². The normalized spacial score (nSPS) is 34.5. The second-order valence-electron chi connectivity index (χ2n) is 4.18. The van der Waals surface area contributed by atoms with Crippen molar-refractivity contribution in [3.63, 3.8) is 0 Å². The summed E-state index contributed by atoms with van der Waals surface area (Å²) in [4.78, 5) is 11.4. The SMILES string of the molecule is O=C1NC(C2CCOCC2)CC1CO. The molecule has 0 aromatic rings. The molecule has 2 heterocycles. The molecule has 2 fully saturated rings. The van der Waals surface area contributed by atoms with Crippen LogP contribution in [0.4, 0.5) is 0 Å². The van der Waals surface area contributed by atoms with E-state index >= 15 is 0 Å². The number of hydrogen-bond acceptors (Lipinski definition) is 3. The summed E-state index contributed by atoms with van der Waals surface area (Å²) in [6.45, 7) is 1.59. The molecule has 0 bridgehead atoms. The predicted molar refractivity (Wildman–Crippen MR) is 50.7 cm³/mol. The zero-order valence-corrected chi connectivity index (χ0v) is 8.24. The van der Waals surface area contributed by atoms with Crippen molar-refractivity contribution < 1.29 is 14.6 Å². The molecule has 2 N–H and O–H groups in total. The smallest absolute Gasteiger partial charge is 0.225 e. The van der Waals surface area contributed by atoms with Gasteiger partial charge in [0.25, 0.3) is 0 Å². The molecule has 2 unspecified atom stereocenters. The lowest BCUT2D eigenvalue weighted by Crippen LogP contribution is -2.36. The molecule has 0 saturated carbocycles. The van der Waals surface area contributed by atoms with E-state index in [4.69, 9.17) is 9.84 Å². The van der Waals surface area contributed by atoms with Gasteiger partial charge in [0.15, 0.2) is 0 Å². The Bertz CT molecular complexity index is 213. The number of carbonyl (C=O) groups is 1. The van der Waals surface area contributed by atoms with Crippen LogP contribution in [-0.4, -0.2) is 36.9 Å². The highest BCUT2D eigenvalue weighted by Gasteiger charge is 2.36. The van der Waals surface area contributed by atoms with Gasteiger partial charge in [-0.2, -0.15) is 0 Å². The van der Waals surface area contributed by atoms with Crippen molar-refractivity contribution in [3.05, 3.63) is 0 Å². The van der Waals surface area contributed by atoms with Crippen LogP contribution < -0.4 is 5.32 Å². The van der Waals surface area contributed by atoms with E-state index in [9.17, 15) is 4.79 Å². The summed E-state index contributed by atoms with van der Waals surface area (Å²) < 4.78 is 5.28. The van der Waals surface area contributed by atoms with Gasteiger partial charge < -0.3 is 15.2 Å². The number of hydrogen-bond donors (Lipinski definition) is 2. The third-order valence-electron chi connectivity index (χ3n) is 3.29. The van der Waals surface area contributed by atoms with E-state index in [-0.39, 0.29) is 24.5 Å². The molecule has 0 aliphatic carbocycles. The molecule has 0 spiro atoms. The average Bonchev–Trinajstić information content (AvgIpc) is 2.61. The number of amides is 1. The van der Waals surface area contributed by atoms with Gasteiger partial charge in [-0.05, 0) is 25.2 Å². The Balaban J connectivity index is 1.90. The summed E-state index contributed by atoms with van der Waals surface area (Å²) in [5, 5.41) is 11.9. The molecule has 2 rings (SSSR count). The van der Waals surface area contributed by atoms with Gasteiger partial charge in [0, 0.05) is 19.3 Å². The van der Waals surface area contributed by atoms with Crippen LogP contribution in [0, 0.1) is 11.8 Å². The molecule has 4 nitrogen and oxygen atoms in total. The average molecular weight is 199 g/mol. The summed E-state index contributed by atoms with van der Waals surface area (Å²) >= 11 is 0. The fourth-order valence-corrected chi connectivity index (χ4v) is 2.36. The fourth-order valence-electron chi connectivity index (χ4n) is 2.36. The highest BCUT2D eigenvalue weighted by molar-refractivity contribution is 5.81.